The van der Waals surface area contributed by atoms with E-state index in [1.54, 1.807) is 28.4 Å². The van der Waals surface area contributed by atoms with Crippen LogP contribution in [0.2, 0.25) is 0 Å². The lowest BCUT2D eigenvalue weighted by Crippen LogP contribution is -2.18. The van der Waals surface area contributed by atoms with Crippen LogP contribution in [0, 0.1) is 6.92 Å². The van der Waals surface area contributed by atoms with Gasteiger partial charge in [-0.25, -0.2) is 0 Å². The summed E-state index contributed by atoms with van der Waals surface area (Å²) in [5, 5.41) is 1.94. The summed E-state index contributed by atoms with van der Waals surface area (Å²) in [4.78, 5) is 4.82. The molecule has 3 aromatic rings. The van der Waals surface area contributed by atoms with Crippen molar-refractivity contribution in [3.05, 3.63) is 47.0 Å². The Balaban J connectivity index is 2.17. The van der Waals surface area contributed by atoms with Gasteiger partial charge in [-0.3, -0.25) is 4.99 Å². The van der Waals surface area contributed by atoms with E-state index >= 15 is 0 Å². The van der Waals surface area contributed by atoms with Crippen molar-refractivity contribution in [3.63, 3.8) is 0 Å². The maximum Gasteiger partial charge on any atom is 0.139 e. The van der Waals surface area contributed by atoms with Gasteiger partial charge in [-0.1, -0.05) is 12.1 Å². The highest BCUT2D eigenvalue weighted by atomic mass is 16.5. The molecule has 5 heteroatoms. The first kappa shape index (κ1) is 21.0. The van der Waals surface area contributed by atoms with Gasteiger partial charge in [0.1, 0.15) is 23.0 Å². The fourth-order valence-corrected chi connectivity index (χ4v) is 4.81. The van der Waals surface area contributed by atoms with Crippen LogP contribution in [0.4, 0.5) is 0 Å². The van der Waals surface area contributed by atoms with E-state index in [9.17, 15) is 0 Å². The highest BCUT2D eigenvalue weighted by Crippen LogP contribution is 2.50. The number of hydrogen-bond acceptors (Lipinski definition) is 5. The maximum atomic E-state index is 6.04. The van der Waals surface area contributed by atoms with Gasteiger partial charge in [-0.2, -0.15) is 0 Å². The van der Waals surface area contributed by atoms with Gasteiger partial charge in [0.05, 0.1) is 45.4 Å². The molecule has 5 nitrogen and oxygen atoms in total. The van der Waals surface area contributed by atoms with Gasteiger partial charge in [-0.05, 0) is 61.9 Å². The highest BCUT2D eigenvalue weighted by molar-refractivity contribution is 6.11. The Morgan fingerprint density at radius 2 is 1.52 bits per heavy atom. The monoisotopic (exact) mass is 419 g/mol. The first-order valence-electron chi connectivity index (χ1n) is 10.4. The van der Waals surface area contributed by atoms with E-state index < -0.39 is 0 Å². The quantitative estimate of drug-likeness (QED) is 0.540. The van der Waals surface area contributed by atoms with Crippen LogP contribution in [-0.4, -0.2) is 40.2 Å². The van der Waals surface area contributed by atoms with Gasteiger partial charge in [0, 0.05) is 16.8 Å². The van der Waals surface area contributed by atoms with Crippen molar-refractivity contribution in [3.8, 4) is 34.1 Å². The third-order valence-electron chi connectivity index (χ3n) is 6.02. The third-order valence-corrected chi connectivity index (χ3v) is 6.02. The smallest absolute Gasteiger partial charge is 0.139 e. The molecule has 4 rings (SSSR count). The van der Waals surface area contributed by atoms with E-state index in [2.05, 4.69) is 32.9 Å². The minimum Gasteiger partial charge on any atom is -0.496 e. The van der Waals surface area contributed by atoms with E-state index in [-0.39, 0.29) is 6.04 Å². The summed E-state index contributed by atoms with van der Waals surface area (Å²) in [6.07, 6.45) is 0.857. The first-order chi connectivity index (χ1) is 14.9. The van der Waals surface area contributed by atoms with Gasteiger partial charge >= 0.3 is 0 Å². The number of aryl methyl sites for hydroxylation is 1. The van der Waals surface area contributed by atoms with Crippen molar-refractivity contribution in [1.29, 1.82) is 0 Å². The molecule has 1 aliphatic rings. The number of rotatable bonds is 5. The number of fused-ring (bicyclic) bond motifs is 2. The molecule has 0 aliphatic carbocycles. The van der Waals surface area contributed by atoms with Crippen molar-refractivity contribution in [2.45, 2.75) is 33.2 Å². The molecule has 0 radical (unpaired) electrons. The average Bonchev–Trinajstić information content (AvgIpc) is 2.76. The van der Waals surface area contributed by atoms with E-state index in [0.29, 0.717) is 0 Å². The summed E-state index contributed by atoms with van der Waals surface area (Å²) in [6, 6.07) is 10.4. The fraction of sp³-hybridized carbons (Fsp3) is 0.346. The topological polar surface area (TPSA) is 49.3 Å². The van der Waals surface area contributed by atoms with Crippen molar-refractivity contribution in [1.82, 2.24) is 0 Å². The van der Waals surface area contributed by atoms with Crippen LogP contribution >= 0.6 is 0 Å². The molecule has 0 spiro atoms. The molecular formula is C26H29NO4. The second-order valence-corrected chi connectivity index (χ2v) is 7.94. The average molecular weight is 420 g/mol. The lowest BCUT2D eigenvalue weighted by molar-refractivity contribution is 0.395. The first-order valence-corrected chi connectivity index (χ1v) is 10.4. The zero-order valence-corrected chi connectivity index (χ0v) is 19.3. The number of benzene rings is 3. The highest BCUT2D eigenvalue weighted by Gasteiger charge is 2.28. The Labute approximate surface area is 183 Å². The van der Waals surface area contributed by atoms with Gasteiger partial charge in [-0.15, -0.1) is 0 Å². The van der Waals surface area contributed by atoms with Crippen LogP contribution in [0.3, 0.4) is 0 Å². The summed E-state index contributed by atoms with van der Waals surface area (Å²) >= 11 is 0. The predicted octanol–water partition coefficient (Wildman–Crippen LogP) is 5.60. The van der Waals surface area contributed by atoms with E-state index in [1.807, 2.05) is 18.2 Å². The minimum atomic E-state index is 0.237. The molecule has 1 atom stereocenters. The lowest BCUT2D eigenvalue weighted by Gasteiger charge is -2.26. The number of aliphatic imine (C=N–C) groups is 1. The molecule has 162 valence electrons. The molecule has 0 bridgehead atoms. The summed E-state index contributed by atoms with van der Waals surface area (Å²) in [5.41, 5.74) is 6.27. The molecule has 0 fully saturated rings. The molecule has 0 N–H and O–H groups in total. The van der Waals surface area contributed by atoms with Crippen LogP contribution in [0.1, 0.15) is 30.5 Å². The van der Waals surface area contributed by atoms with Crippen molar-refractivity contribution in [2.75, 3.05) is 28.4 Å². The fourth-order valence-electron chi connectivity index (χ4n) is 4.81. The second-order valence-electron chi connectivity index (χ2n) is 7.94. The van der Waals surface area contributed by atoms with Gasteiger partial charge in [0.25, 0.3) is 0 Å². The number of hydrogen-bond donors (Lipinski definition) is 0. The van der Waals surface area contributed by atoms with Crippen LogP contribution in [-0.2, 0) is 6.42 Å². The SMILES string of the molecule is COc1cc2c(c(OC)c1-c1c(C)cc(OC)c3c(OC)cccc13)C(C)=NC(C)C2. The number of ether oxygens (including phenoxy) is 4. The summed E-state index contributed by atoms with van der Waals surface area (Å²) in [7, 11) is 6.78. The molecule has 1 unspecified atom stereocenters. The summed E-state index contributed by atoms with van der Waals surface area (Å²) in [6.45, 7) is 6.26. The molecule has 0 saturated carbocycles. The van der Waals surface area contributed by atoms with Crippen LogP contribution in [0.5, 0.6) is 23.0 Å². The Hall–Kier alpha value is -3.21. The summed E-state index contributed by atoms with van der Waals surface area (Å²) in [5.74, 6) is 3.11. The van der Waals surface area contributed by atoms with Crippen molar-refractivity contribution >= 4 is 16.5 Å². The minimum absolute atomic E-state index is 0.237. The largest absolute Gasteiger partial charge is 0.496 e. The molecular weight excluding hydrogens is 390 g/mol. The molecule has 1 aliphatic heterocycles. The zero-order chi connectivity index (χ0) is 22.3. The molecule has 3 aromatic carbocycles. The van der Waals surface area contributed by atoms with Gasteiger partial charge in [0.15, 0.2) is 0 Å². The van der Waals surface area contributed by atoms with E-state index in [4.69, 9.17) is 23.9 Å². The van der Waals surface area contributed by atoms with E-state index in [1.165, 1.54) is 5.56 Å². The number of methoxy groups -OCH3 is 4. The van der Waals surface area contributed by atoms with Gasteiger partial charge in [0.2, 0.25) is 0 Å². The van der Waals surface area contributed by atoms with E-state index in [0.717, 1.165) is 68.2 Å². The van der Waals surface area contributed by atoms with Gasteiger partial charge < -0.3 is 18.9 Å². The molecule has 31 heavy (non-hydrogen) atoms. The Morgan fingerprint density at radius 1 is 0.806 bits per heavy atom. The van der Waals surface area contributed by atoms with Crippen molar-refractivity contribution in [2.24, 2.45) is 4.99 Å². The maximum absolute atomic E-state index is 6.04. The molecule has 0 amide bonds. The third kappa shape index (κ3) is 3.29. The summed E-state index contributed by atoms with van der Waals surface area (Å²) < 4.78 is 23.3. The normalized spacial score (nSPS) is 15.3. The lowest BCUT2D eigenvalue weighted by atomic mass is 9.86. The molecule has 1 heterocycles. The van der Waals surface area contributed by atoms with Crippen LogP contribution in [0.25, 0.3) is 21.9 Å². The molecule has 0 aromatic heterocycles. The standard InChI is InChI=1S/C26H29NO4/c1-14-11-20(29-5)24-18(9-8-10-19(24)28-4)22(14)25-21(30-6)13-17-12-15(2)27-16(3)23(17)26(25)31-7/h8-11,13,15H,12H2,1-7H3. The predicted molar refractivity (Wildman–Crippen MR) is 126 cm³/mol. The van der Waals surface area contributed by atoms with Crippen LogP contribution in [0.15, 0.2) is 35.3 Å². The second kappa shape index (κ2) is 8.14. The zero-order valence-electron chi connectivity index (χ0n) is 19.3. The van der Waals surface area contributed by atoms with Crippen molar-refractivity contribution < 1.29 is 18.9 Å². The Bertz CT molecular complexity index is 1200. The van der Waals surface area contributed by atoms with Crippen LogP contribution < -0.4 is 18.9 Å². The molecule has 0 saturated heterocycles. The Kier molecular flexibility index (Phi) is 5.52. The Morgan fingerprint density at radius 3 is 2.16 bits per heavy atom. The number of nitrogens with zero attached hydrogens (tertiary/aromatic N) is 1.